The molecule has 1 atom stereocenters. The van der Waals surface area contributed by atoms with Crippen molar-refractivity contribution in [3.63, 3.8) is 0 Å². The highest BCUT2D eigenvalue weighted by Gasteiger charge is 2.21. The Morgan fingerprint density at radius 2 is 1.71 bits per heavy atom. The lowest BCUT2D eigenvalue weighted by molar-refractivity contribution is -0.141. The first kappa shape index (κ1) is 21.4. The van der Waals surface area contributed by atoms with Crippen LogP contribution in [-0.2, 0) is 9.53 Å². The summed E-state index contributed by atoms with van der Waals surface area (Å²) in [5, 5.41) is 5.89. The van der Waals surface area contributed by atoms with Gasteiger partial charge in [0.25, 0.3) is 0 Å². The summed E-state index contributed by atoms with van der Waals surface area (Å²) in [6.45, 7) is 0.513. The molecule has 0 aliphatic rings. The minimum atomic E-state index is -0.615. The van der Waals surface area contributed by atoms with E-state index in [-0.39, 0.29) is 19.6 Å². The number of rotatable bonds is 9. The topological polar surface area (TPSA) is 85.9 Å². The Kier molecular flexibility index (Phi) is 8.42. The fourth-order valence-corrected chi connectivity index (χ4v) is 2.79. The molecule has 0 bridgehead atoms. The van der Waals surface area contributed by atoms with Crippen LogP contribution in [0.25, 0.3) is 0 Å². The lowest BCUT2D eigenvalue weighted by Gasteiger charge is -2.20. The van der Waals surface area contributed by atoms with Crippen molar-refractivity contribution < 1.29 is 23.8 Å². The van der Waals surface area contributed by atoms with Gasteiger partial charge in [-0.25, -0.2) is 4.79 Å². The number of nitrogens with one attached hydrogen (secondary N) is 2. The third-order valence-electron chi connectivity index (χ3n) is 3.90. The molecule has 0 saturated heterocycles. The predicted octanol–water partition coefficient (Wildman–Crippen LogP) is 3.33. The SMILES string of the molecule is COC(=O)CC(NC(=O)NCCOc1ccccc1OC)c1ccccc1Cl. The number of ether oxygens (including phenoxy) is 3. The van der Waals surface area contributed by atoms with E-state index in [2.05, 4.69) is 10.6 Å². The summed E-state index contributed by atoms with van der Waals surface area (Å²) in [6.07, 6.45) is -0.0363. The Bertz CT molecular complexity index is 800. The molecule has 2 amide bonds. The van der Waals surface area contributed by atoms with Crippen LogP contribution in [0.1, 0.15) is 18.0 Å². The average molecular weight is 407 g/mol. The number of carbonyl (C=O) groups excluding carboxylic acids is 2. The van der Waals surface area contributed by atoms with E-state index in [1.54, 1.807) is 43.5 Å². The van der Waals surface area contributed by atoms with Gasteiger partial charge >= 0.3 is 12.0 Å². The molecule has 2 aromatic rings. The molecule has 0 aliphatic carbocycles. The number of benzene rings is 2. The summed E-state index contributed by atoms with van der Waals surface area (Å²) in [7, 11) is 2.85. The molecule has 2 aromatic carbocycles. The highest BCUT2D eigenvalue weighted by atomic mass is 35.5. The van der Waals surface area contributed by atoms with E-state index in [0.717, 1.165) is 0 Å². The maximum atomic E-state index is 12.2. The molecule has 1 unspecified atom stereocenters. The monoisotopic (exact) mass is 406 g/mol. The van der Waals surface area contributed by atoms with E-state index in [1.165, 1.54) is 7.11 Å². The van der Waals surface area contributed by atoms with Gasteiger partial charge in [-0.3, -0.25) is 4.79 Å². The fourth-order valence-electron chi connectivity index (χ4n) is 2.52. The summed E-state index contributed by atoms with van der Waals surface area (Å²) in [4.78, 5) is 23.9. The predicted molar refractivity (Wildman–Crippen MR) is 106 cm³/mol. The van der Waals surface area contributed by atoms with Crippen molar-refractivity contribution in [3.05, 3.63) is 59.1 Å². The van der Waals surface area contributed by atoms with Gasteiger partial charge in [-0.2, -0.15) is 0 Å². The molecule has 150 valence electrons. The first-order chi connectivity index (χ1) is 13.5. The van der Waals surface area contributed by atoms with Crippen molar-refractivity contribution in [2.75, 3.05) is 27.4 Å². The molecular formula is C20H23ClN2O5. The Morgan fingerprint density at radius 3 is 2.39 bits per heavy atom. The van der Waals surface area contributed by atoms with Gasteiger partial charge in [0.15, 0.2) is 11.5 Å². The quantitative estimate of drug-likeness (QED) is 0.492. The average Bonchev–Trinajstić information content (AvgIpc) is 2.71. The van der Waals surface area contributed by atoms with Gasteiger partial charge in [0.05, 0.1) is 33.2 Å². The van der Waals surface area contributed by atoms with Crippen molar-refractivity contribution in [2.24, 2.45) is 0 Å². The second-order valence-electron chi connectivity index (χ2n) is 5.75. The molecule has 8 heteroatoms. The lowest BCUT2D eigenvalue weighted by atomic mass is 10.0. The minimum Gasteiger partial charge on any atom is -0.493 e. The molecule has 2 rings (SSSR count). The first-order valence-corrected chi connectivity index (χ1v) is 9.04. The van der Waals surface area contributed by atoms with Crippen LogP contribution in [0.4, 0.5) is 4.79 Å². The van der Waals surface area contributed by atoms with Gasteiger partial charge in [0.2, 0.25) is 0 Å². The van der Waals surface area contributed by atoms with E-state index in [9.17, 15) is 9.59 Å². The molecule has 0 spiro atoms. The molecule has 0 radical (unpaired) electrons. The first-order valence-electron chi connectivity index (χ1n) is 8.66. The molecule has 0 fully saturated rings. The third-order valence-corrected chi connectivity index (χ3v) is 4.24. The van der Waals surface area contributed by atoms with E-state index in [1.807, 2.05) is 12.1 Å². The number of hydrogen-bond donors (Lipinski definition) is 2. The van der Waals surface area contributed by atoms with Gasteiger partial charge in [-0.1, -0.05) is 41.9 Å². The Balaban J connectivity index is 1.89. The molecule has 0 aromatic heterocycles. The highest BCUT2D eigenvalue weighted by molar-refractivity contribution is 6.31. The number of para-hydroxylation sites is 2. The Hall–Kier alpha value is -2.93. The van der Waals surface area contributed by atoms with Crippen molar-refractivity contribution in [1.29, 1.82) is 0 Å². The number of hydrogen-bond acceptors (Lipinski definition) is 5. The van der Waals surface area contributed by atoms with Crippen LogP contribution in [0.3, 0.4) is 0 Å². The maximum absolute atomic E-state index is 12.2. The third kappa shape index (κ3) is 6.35. The summed E-state index contributed by atoms with van der Waals surface area (Å²) in [5.74, 6) is 0.750. The number of carbonyl (C=O) groups is 2. The van der Waals surface area contributed by atoms with Crippen LogP contribution in [-0.4, -0.2) is 39.4 Å². The summed E-state index contributed by atoms with van der Waals surface area (Å²) in [6, 6.07) is 13.2. The molecule has 2 N–H and O–H groups in total. The highest BCUT2D eigenvalue weighted by Crippen LogP contribution is 2.26. The lowest BCUT2D eigenvalue weighted by Crippen LogP contribution is -2.40. The molecule has 28 heavy (non-hydrogen) atoms. The summed E-state index contributed by atoms with van der Waals surface area (Å²) >= 11 is 6.20. The van der Waals surface area contributed by atoms with E-state index in [0.29, 0.717) is 22.1 Å². The van der Waals surface area contributed by atoms with Crippen LogP contribution in [0.15, 0.2) is 48.5 Å². The van der Waals surface area contributed by atoms with Crippen LogP contribution < -0.4 is 20.1 Å². The van der Waals surface area contributed by atoms with E-state index in [4.69, 9.17) is 25.8 Å². The Labute approximate surface area is 168 Å². The van der Waals surface area contributed by atoms with E-state index >= 15 is 0 Å². The minimum absolute atomic E-state index is 0.0363. The standard InChI is InChI=1S/C20H23ClN2O5/c1-26-17-9-5-6-10-18(17)28-12-11-22-20(25)23-16(13-19(24)27-2)14-7-3-4-8-15(14)21/h3-10,16H,11-13H2,1-2H3,(H2,22,23,25). The van der Waals surface area contributed by atoms with Crippen LogP contribution >= 0.6 is 11.6 Å². The largest absolute Gasteiger partial charge is 0.493 e. The molecule has 0 heterocycles. The van der Waals surface area contributed by atoms with Gasteiger partial charge in [0.1, 0.15) is 6.61 Å². The van der Waals surface area contributed by atoms with Gasteiger partial charge in [-0.15, -0.1) is 0 Å². The fraction of sp³-hybridized carbons (Fsp3) is 0.300. The number of halogens is 1. The zero-order valence-electron chi connectivity index (χ0n) is 15.7. The second-order valence-corrected chi connectivity index (χ2v) is 6.16. The zero-order chi connectivity index (χ0) is 20.4. The van der Waals surface area contributed by atoms with Crippen LogP contribution in [0.2, 0.25) is 5.02 Å². The van der Waals surface area contributed by atoms with Crippen molar-refractivity contribution in [2.45, 2.75) is 12.5 Å². The van der Waals surface area contributed by atoms with Gasteiger partial charge in [0, 0.05) is 5.02 Å². The number of esters is 1. The van der Waals surface area contributed by atoms with Gasteiger partial charge < -0.3 is 24.8 Å². The molecule has 0 saturated carbocycles. The van der Waals surface area contributed by atoms with Crippen molar-refractivity contribution in [1.82, 2.24) is 10.6 Å². The number of amides is 2. The molecule has 0 aliphatic heterocycles. The van der Waals surface area contributed by atoms with Crippen LogP contribution in [0.5, 0.6) is 11.5 Å². The second kappa shape index (κ2) is 11.0. The zero-order valence-corrected chi connectivity index (χ0v) is 16.5. The number of methoxy groups -OCH3 is 2. The van der Waals surface area contributed by atoms with Crippen LogP contribution in [0, 0.1) is 0 Å². The molecule has 7 nitrogen and oxygen atoms in total. The molecular weight excluding hydrogens is 384 g/mol. The smallest absolute Gasteiger partial charge is 0.315 e. The van der Waals surface area contributed by atoms with Crippen molar-refractivity contribution in [3.8, 4) is 11.5 Å². The normalized spacial score (nSPS) is 11.2. The van der Waals surface area contributed by atoms with Gasteiger partial charge in [-0.05, 0) is 23.8 Å². The maximum Gasteiger partial charge on any atom is 0.315 e. The Morgan fingerprint density at radius 1 is 1.04 bits per heavy atom. The summed E-state index contributed by atoms with van der Waals surface area (Å²) in [5.41, 5.74) is 0.634. The van der Waals surface area contributed by atoms with Crippen molar-refractivity contribution >= 4 is 23.6 Å². The number of urea groups is 1. The summed E-state index contributed by atoms with van der Waals surface area (Å²) < 4.78 is 15.5. The van der Waals surface area contributed by atoms with E-state index < -0.39 is 18.0 Å².